The molecule has 0 amide bonds. The fourth-order valence-corrected chi connectivity index (χ4v) is 2.61. The molecule has 22 heavy (non-hydrogen) atoms. The number of unbranched alkanes of at least 4 members (excludes halogenated alkanes) is 1. The summed E-state index contributed by atoms with van der Waals surface area (Å²) in [7, 11) is 0. The van der Waals surface area contributed by atoms with Gasteiger partial charge in [-0.05, 0) is 44.1 Å². The highest BCUT2D eigenvalue weighted by Crippen LogP contribution is 2.32. The summed E-state index contributed by atoms with van der Waals surface area (Å²) in [4.78, 5) is 2.36. The number of hydrogen-bond acceptors (Lipinski definition) is 4. The molecule has 0 saturated heterocycles. The Morgan fingerprint density at radius 1 is 1.05 bits per heavy atom. The highest BCUT2D eigenvalue weighted by atomic mass is 16.5. The van der Waals surface area contributed by atoms with Crippen LogP contribution in [0.4, 0.5) is 0 Å². The van der Waals surface area contributed by atoms with Gasteiger partial charge >= 0.3 is 0 Å². The molecule has 0 aromatic heterocycles. The van der Waals surface area contributed by atoms with E-state index >= 15 is 0 Å². The van der Waals surface area contributed by atoms with Crippen LogP contribution in [-0.4, -0.2) is 37.7 Å². The van der Waals surface area contributed by atoms with E-state index in [2.05, 4.69) is 37.8 Å². The third-order valence-corrected chi connectivity index (χ3v) is 3.88. The Hall–Kier alpha value is -1.26. The first-order valence-corrected chi connectivity index (χ1v) is 8.55. The van der Waals surface area contributed by atoms with Crippen molar-refractivity contribution in [1.29, 1.82) is 0 Å². The van der Waals surface area contributed by atoms with E-state index in [0.717, 1.165) is 44.0 Å². The van der Waals surface area contributed by atoms with Crippen LogP contribution in [0.25, 0.3) is 0 Å². The van der Waals surface area contributed by atoms with Gasteiger partial charge in [-0.1, -0.05) is 33.3 Å². The Kier molecular flexibility index (Phi) is 8.94. The van der Waals surface area contributed by atoms with Gasteiger partial charge in [-0.2, -0.15) is 0 Å². The SMILES string of the molecule is CCCCOc1ccc(C(CN)N(CC)CC)cc1OCC. The zero-order valence-corrected chi connectivity index (χ0v) is 14.6. The molecule has 126 valence electrons. The smallest absolute Gasteiger partial charge is 0.161 e. The topological polar surface area (TPSA) is 47.7 Å². The highest BCUT2D eigenvalue weighted by Gasteiger charge is 2.18. The van der Waals surface area contributed by atoms with Crippen LogP contribution in [0, 0.1) is 0 Å². The predicted octanol–water partition coefficient (Wildman–Crippen LogP) is 3.61. The third kappa shape index (κ3) is 5.18. The van der Waals surface area contributed by atoms with Crippen LogP contribution in [0.2, 0.25) is 0 Å². The van der Waals surface area contributed by atoms with Gasteiger partial charge in [0.1, 0.15) is 0 Å². The lowest BCUT2D eigenvalue weighted by Crippen LogP contribution is -2.33. The van der Waals surface area contributed by atoms with Crippen LogP contribution in [0.3, 0.4) is 0 Å². The number of likely N-dealkylation sites (N-methyl/N-ethyl adjacent to an activating group) is 1. The Morgan fingerprint density at radius 2 is 1.77 bits per heavy atom. The van der Waals surface area contributed by atoms with Gasteiger partial charge in [0.2, 0.25) is 0 Å². The molecule has 0 spiro atoms. The summed E-state index contributed by atoms with van der Waals surface area (Å²) < 4.78 is 11.6. The van der Waals surface area contributed by atoms with E-state index < -0.39 is 0 Å². The maximum Gasteiger partial charge on any atom is 0.161 e. The molecular formula is C18H32N2O2. The second-order valence-corrected chi connectivity index (χ2v) is 5.31. The van der Waals surface area contributed by atoms with Gasteiger partial charge < -0.3 is 15.2 Å². The number of nitrogens with zero attached hydrogens (tertiary/aromatic N) is 1. The first-order valence-electron chi connectivity index (χ1n) is 8.55. The molecule has 1 unspecified atom stereocenters. The molecule has 0 heterocycles. The maximum atomic E-state index is 6.00. The minimum absolute atomic E-state index is 0.221. The van der Waals surface area contributed by atoms with Crippen molar-refractivity contribution in [1.82, 2.24) is 4.90 Å². The van der Waals surface area contributed by atoms with Crippen LogP contribution in [-0.2, 0) is 0 Å². The minimum atomic E-state index is 0.221. The van der Waals surface area contributed by atoms with Gasteiger partial charge in [-0.15, -0.1) is 0 Å². The Bertz CT molecular complexity index is 420. The predicted molar refractivity (Wildman–Crippen MR) is 92.7 cm³/mol. The molecule has 1 rings (SSSR count). The van der Waals surface area contributed by atoms with E-state index in [9.17, 15) is 0 Å². The second-order valence-electron chi connectivity index (χ2n) is 5.31. The fourth-order valence-electron chi connectivity index (χ4n) is 2.61. The van der Waals surface area contributed by atoms with Crippen molar-refractivity contribution in [3.63, 3.8) is 0 Å². The molecule has 0 radical (unpaired) electrons. The van der Waals surface area contributed by atoms with Crippen molar-refractivity contribution in [2.45, 2.75) is 46.6 Å². The van der Waals surface area contributed by atoms with Crippen molar-refractivity contribution in [2.24, 2.45) is 5.73 Å². The Labute approximate surface area is 135 Å². The van der Waals surface area contributed by atoms with Crippen LogP contribution in [0.5, 0.6) is 11.5 Å². The summed E-state index contributed by atoms with van der Waals surface area (Å²) in [6.07, 6.45) is 2.18. The molecule has 1 atom stereocenters. The zero-order chi connectivity index (χ0) is 16.4. The second kappa shape index (κ2) is 10.5. The molecular weight excluding hydrogens is 276 g/mol. The van der Waals surface area contributed by atoms with E-state index in [4.69, 9.17) is 15.2 Å². The molecule has 0 saturated carbocycles. The lowest BCUT2D eigenvalue weighted by Gasteiger charge is -2.29. The van der Waals surface area contributed by atoms with Crippen LogP contribution < -0.4 is 15.2 Å². The van der Waals surface area contributed by atoms with Gasteiger partial charge in [0, 0.05) is 12.6 Å². The van der Waals surface area contributed by atoms with Gasteiger partial charge in [0.05, 0.1) is 13.2 Å². The van der Waals surface area contributed by atoms with Crippen molar-refractivity contribution < 1.29 is 9.47 Å². The molecule has 0 bridgehead atoms. The molecule has 4 nitrogen and oxygen atoms in total. The Morgan fingerprint density at radius 3 is 2.32 bits per heavy atom. The Balaban J connectivity index is 2.98. The monoisotopic (exact) mass is 308 g/mol. The number of nitrogens with two attached hydrogens (primary N) is 1. The summed E-state index contributed by atoms with van der Waals surface area (Å²) in [5.74, 6) is 1.65. The number of ether oxygens (including phenoxy) is 2. The summed E-state index contributed by atoms with van der Waals surface area (Å²) >= 11 is 0. The van der Waals surface area contributed by atoms with E-state index in [1.54, 1.807) is 0 Å². The quantitative estimate of drug-likeness (QED) is 0.634. The van der Waals surface area contributed by atoms with Gasteiger partial charge in [0.25, 0.3) is 0 Å². The summed E-state index contributed by atoms with van der Waals surface area (Å²) in [5, 5.41) is 0. The summed E-state index contributed by atoms with van der Waals surface area (Å²) in [6.45, 7) is 12.4. The third-order valence-electron chi connectivity index (χ3n) is 3.88. The lowest BCUT2D eigenvalue weighted by atomic mass is 10.0. The van der Waals surface area contributed by atoms with E-state index in [0.29, 0.717) is 13.2 Å². The molecule has 0 aliphatic rings. The molecule has 1 aromatic rings. The van der Waals surface area contributed by atoms with Crippen LogP contribution in [0.15, 0.2) is 18.2 Å². The first kappa shape index (κ1) is 18.8. The maximum absolute atomic E-state index is 6.00. The zero-order valence-electron chi connectivity index (χ0n) is 14.6. The minimum Gasteiger partial charge on any atom is -0.490 e. The number of benzene rings is 1. The highest BCUT2D eigenvalue weighted by molar-refractivity contribution is 5.44. The molecule has 0 fully saturated rings. The largest absolute Gasteiger partial charge is 0.490 e. The standard InChI is InChI=1S/C18H32N2O2/c1-5-9-12-22-17-11-10-15(13-18(17)21-8-4)16(14-19)20(6-2)7-3/h10-11,13,16H,5-9,12,14,19H2,1-4H3. The van der Waals surface area contributed by atoms with Crippen LogP contribution in [0.1, 0.15) is 52.1 Å². The van der Waals surface area contributed by atoms with Crippen molar-refractivity contribution in [2.75, 3.05) is 32.8 Å². The molecule has 1 aromatic carbocycles. The lowest BCUT2D eigenvalue weighted by molar-refractivity contribution is 0.222. The number of hydrogen-bond donors (Lipinski definition) is 1. The number of rotatable bonds is 11. The average molecular weight is 308 g/mol. The van der Waals surface area contributed by atoms with Crippen molar-refractivity contribution in [3.05, 3.63) is 23.8 Å². The first-order chi connectivity index (χ1) is 10.7. The molecule has 0 aliphatic carbocycles. The van der Waals surface area contributed by atoms with Crippen LogP contribution >= 0.6 is 0 Å². The summed E-state index contributed by atoms with van der Waals surface area (Å²) in [6, 6.07) is 6.43. The normalized spacial score (nSPS) is 12.5. The van der Waals surface area contributed by atoms with Gasteiger partial charge in [-0.3, -0.25) is 4.90 Å². The van der Waals surface area contributed by atoms with E-state index in [-0.39, 0.29) is 6.04 Å². The van der Waals surface area contributed by atoms with E-state index in [1.165, 1.54) is 5.56 Å². The molecule has 4 heteroatoms. The average Bonchev–Trinajstić information content (AvgIpc) is 2.54. The summed E-state index contributed by atoms with van der Waals surface area (Å²) in [5.41, 5.74) is 7.20. The van der Waals surface area contributed by atoms with E-state index in [1.807, 2.05) is 13.0 Å². The van der Waals surface area contributed by atoms with Crippen molar-refractivity contribution >= 4 is 0 Å². The molecule has 2 N–H and O–H groups in total. The van der Waals surface area contributed by atoms with Gasteiger partial charge in [-0.25, -0.2) is 0 Å². The van der Waals surface area contributed by atoms with Gasteiger partial charge in [0.15, 0.2) is 11.5 Å². The molecule has 0 aliphatic heterocycles. The van der Waals surface area contributed by atoms with Crippen molar-refractivity contribution in [3.8, 4) is 11.5 Å². The fraction of sp³-hybridized carbons (Fsp3) is 0.667.